The molecule has 2 aliphatic heterocycles. The van der Waals surface area contributed by atoms with E-state index in [1.807, 2.05) is 4.90 Å². The van der Waals surface area contributed by atoms with Crippen LogP contribution in [0.4, 0.5) is 0 Å². The number of rotatable bonds is 1. The molecule has 0 saturated carbocycles. The van der Waals surface area contributed by atoms with Crippen LogP contribution in [0.1, 0.15) is 0 Å². The average molecular weight is 209 g/mol. The minimum atomic E-state index is -0.224. The third kappa shape index (κ3) is 2.56. The second kappa shape index (κ2) is 4.93. The Kier molecular flexibility index (Phi) is 3.34. The summed E-state index contributed by atoms with van der Waals surface area (Å²) in [5, 5.41) is 3.04. The first-order chi connectivity index (χ1) is 7.38. The smallest absolute Gasteiger partial charge is 0.247 e. The number of nitrogens with one attached hydrogen (secondary N) is 1. The molecule has 5 heteroatoms. The third-order valence-corrected chi connectivity index (χ3v) is 2.49. The number of nitrogens with zero attached hydrogens (tertiary/aromatic N) is 2. The van der Waals surface area contributed by atoms with E-state index in [0.717, 1.165) is 0 Å². The fourth-order valence-corrected chi connectivity index (χ4v) is 1.65. The number of ether oxygens (including phenoxy) is 1. The maximum Gasteiger partial charge on any atom is 0.247 e. The van der Waals surface area contributed by atoms with E-state index in [-0.39, 0.29) is 11.9 Å². The van der Waals surface area contributed by atoms with Crippen LogP contribution in [-0.4, -0.2) is 55.9 Å². The SMILES string of the molecule is O=C(C1CN=CC=CN1)N1CCOCC1. The highest BCUT2D eigenvalue weighted by Gasteiger charge is 2.24. The van der Waals surface area contributed by atoms with Gasteiger partial charge in [0.15, 0.2) is 0 Å². The molecule has 0 aromatic rings. The van der Waals surface area contributed by atoms with Crippen molar-refractivity contribution in [2.45, 2.75) is 6.04 Å². The maximum absolute atomic E-state index is 12.0. The van der Waals surface area contributed by atoms with E-state index in [4.69, 9.17) is 4.74 Å². The summed E-state index contributed by atoms with van der Waals surface area (Å²) in [7, 11) is 0. The molecule has 0 aliphatic carbocycles. The summed E-state index contributed by atoms with van der Waals surface area (Å²) in [5.41, 5.74) is 0. The van der Waals surface area contributed by atoms with Crippen molar-refractivity contribution in [3.8, 4) is 0 Å². The zero-order valence-electron chi connectivity index (χ0n) is 8.56. The Morgan fingerprint density at radius 3 is 3.07 bits per heavy atom. The molecule has 0 aromatic carbocycles. The lowest BCUT2D eigenvalue weighted by atomic mass is 10.2. The van der Waals surface area contributed by atoms with Crippen molar-refractivity contribution in [1.29, 1.82) is 0 Å². The molecule has 0 radical (unpaired) electrons. The van der Waals surface area contributed by atoms with Gasteiger partial charge in [0, 0.05) is 19.3 Å². The molecular formula is C10H15N3O2. The van der Waals surface area contributed by atoms with Crippen molar-refractivity contribution in [1.82, 2.24) is 10.2 Å². The Balaban J connectivity index is 1.93. The molecule has 1 amide bonds. The van der Waals surface area contributed by atoms with Gasteiger partial charge < -0.3 is 15.0 Å². The lowest BCUT2D eigenvalue weighted by Crippen LogP contribution is -2.50. The Morgan fingerprint density at radius 1 is 1.47 bits per heavy atom. The summed E-state index contributed by atoms with van der Waals surface area (Å²) in [5.74, 6) is 0.113. The normalized spacial score (nSPS) is 25.9. The van der Waals surface area contributed by atoms with Gasteiger partial charge in [0.1, 0.15) is 6.04 Å². The number of hydrogen-bond donors (Lipinski definition) is 1. The summed E-state index contributed by atoms with van der Waals surface area (Å²) in [4.78, 5) is 18.0. The molecule has 2 heterocycles. The number of hydrogen-bond acceptors (Lipinski definition) is 4. The van der Waals surface area contributed by atoms with E-state index in [0.29, 0.717) is 32.8 Å². The predicted octanol–water partition coefficient (Wildman–Crippen LogP) is -0.598. The van der Waals surface area contributed by atoms with E-state index >= 15 is 0 Å². The Labute approximate surface area is 88.8 Å². The van der Waals surface area contributed by atoms with E-state index in [1.165, 1.54) is 0 Å². The van der Waals surface area contributed by atoms with Crippen LogP contribution in [0, 0.1) is 0 Å². The summed E-state index contributed by atoms with van der Waals surface area (Å²) in [6.45, 7) is 3.15. The van der Waals surface area contributed by atoms with Crippen LogP contribution in [0.2, 0.25) is 0 Å². The number of allylic oxidation sites excluding steroid dienone is 1. The van der Waals surface area contributed by atoms with Crippen LogP contribution in [0.3, 0.4) is 0 Å². The van der Waals surface area contributed by atoms with E-state index in [1.54, 1.807) is 18.5 Å². The Bertz CT molecular complexity index is 268. The standard InChI is InChI=1S/C10H15N3O2/c14-10(13-4-6-15-7-5-13)9-8-11-2-1-3-12-9/h1-3,9,12H,4-8H2. The van der Waals surface area contributed by atoms with Crippen molar-refractivity contribution in [3.63, 3.8) is 0 Å². The number of amides is 1. The van der Waals surface area contributed by atoms with Crippen molar-refractivity contribution in [2.75, 3.05) is 32.8 Å². The van der Waals surface area contributed by atoms with E-state index in [9.17, 15) is 4.79 Å². The molecule has 1 atom stereocenters. The first-order valence-electron chi connectivity index (χ1n) is 5.15. The Morgan fingerprint density at radius 2 is 2.27 bits per heavy atom. The Hall–Kier alpha value is -1.36. The number of aliphatic imine (C=N–C) groups is 1. The van der Waals surface area contributed by atoms with Crippen LogP contribution < -0.4 is 5.32 Å². The van der Waals surface area contributed by atoms with Crippen LogP contribution in [0.25, 0.3) is 0 Å². The molecule has 1 fully saturated rings. The topological polar surface area (TPSA) is 53.9 Å². The highest BCUT2D eigenvalue weighted by Crippen LogP contribution is 2.02. The fourth-order valence-electron chi connectivity index (χ4n) is 1.65. The fraction of sp³-hybridized carbons (Fsp3) is 0.600. The average Bonchev–Trinajstić information content (AvgIpc) is 2.58. The van der Waals surface area contributed by atoms with Gasteiger partial charge in [-0.15, -0.1) is 0 Å². The van der Waals surface area contributed by atoms with Gasteiger partial charge in [-0.05, 0) is 12.3 Å². The van der Waals surface area contributed by atoms with Crippen molar-refractivity contribution in [2.24, 2.45) is 4.99 Å². The summed E-state index contributed by atoms with van der Waals surface area (Å²) >= 11 is 0. The molecular weight excluding hydrogens is 194 g/mol. The van der Waals surface area contributed by atoms with Crippen LogP contribution in [0.5, 0.6) is 0 Å². The molecule has 2 aliphatic rings. The van der Waals surface area contributed by atoms with Gasteiger partial charge in [-0.1, -0.05) is 0 Å². The molecule has 2 rings (SSSR count). The van der Waals surface area contributed by atoms with Gasteiger partial charge in [0.25, 0.3) is 0 Å². The van der Waals surface area contributed by atoms with Gasteiger partial charge in [-0.2, -0.15) is 0 Å². The molecule has 0 bridgehead atoms. The molecule has 82 valence electrons. The molecule has 0 spiro atoms. The zero-order chi connectivity index (χ0) is 10.5. The van der Waals surface area contributed by atoms with Crippen molar-refractivity contribution < 1.29 is 9.53 Å². The predicted molar refractivity (Wildman–Crippen MR) is 56.8 cm³/mol. The number of carbonyl (C=O) groups excluding carboxylic acids is 1. The highest BCUT2D eigenvalue weighted by atomic mass is 16.5. The van der Waals surface area contributed by atoms with Gasteiger partial charge in [0.2, 0.25) is 5.91 Å². The lowest BCUT2D eigenvalue weighted by Gasteiger charge is -2.29. The first kappa shape index (κ1) is 10.2. The van der Waals surface area contributed by atoms with Gasteiger partial charge in [-0.3, -0.25) is 9.79 Å². The van der Waals surface area contributed by atoms with E-state index in [2.05, 4.69) is 10.3 Å². The summed E-state index contributed by atoms with van der Waals surface area (Å²) in [6.07, 6.45) is 5.27. The highest BCUT2D eigenvalue weighted by molar-refractivity contribution is 5.83. The molecule has 5 nitrogen and oxygen atoms in total. The summed E-state index contributed by atoms with van der Waals surface area (Å²) in [6, 6.07) is -0.224. The number of carbonyl (C=O) groups is 1. The molecule has 1 saturated heterocycles. The quantitative estimate of drug-likeness (QED) is 0.627. The van der Waals surface area contributed by atoms with Crippen molar-refractivity contribution >= 4 is 12.1 Å². The molecule has 0 aromatic heterocycles. The maximum atomic E-state index is 12.0. The second-order valence-electron chi connectivity index (χ2n) is 3.53. The molecule has 15 heavy (non-hydrogen) atoms. The number of morpholine rings is 1. The molecule has 1 unspecified atom stereocenters. The monoisotopic (exact) mass is 209 g/mol. The minimum absolute atomic E-state index is 0.113. The van der Waals surface area contributed by atoms with E-state index < -0.39 is 0 Å². The van der Waals surface area contributed by atoms with Gasteiger partial charge in [0.05, 0.1) is 19.8 Å². The minimum Gasteiger partial charge on any atom is -0.378 e. The third-order valence-electron chi connectivity index (χ3n) is 2.49. The first-order valence-corrected chi connectivity index (χ1v) is 5.15. The second-order valence-corrected chi connectivity index (χ2v) is 3.53. The largest absolute Gasteiger partial charge is 0.378 e. The summed E-state index contributed by atoms with van der Waals surface area (Å²) < 4.78 is 5.20. The van der Waals surface area contributed by atoms with Gasteiger partial charge in [-0.25, -0.2) is 0 Å². The zero-order valence-corrected chi connectivity index (χ0v) is 8.56. The van der Waals surface area contributed by atoms with Crippen LogP contribution in [0.15, 0.2) is 17.3 Å². The van der Waals surface area contributed by atoms with Gasteiger partial charge >= 0.3 is 0 Å². The lowest BCUT2D eigenvalue weighted by molar-refractivity contribution is -0.137. The molecule has 1 N–H and O–H groups in total. The van der Waals surface area contributed by atoms with Crippen LogP contribution >= 0.6 is 0 Å². The van der Waals surface area contributed by atoms with Crippen molar-refractivity contribution in [3.05, 3.63) is 12.3 Å². The van der Waals surface area contributed by atoms with Crippen LogP contribution in [-0.2, 0) is 9.53 Å².